The Bertz CT molecular complexity index is 566. The second-order valence-electron chi connectivity index (χ2n) is 4.92. The van der Waals surface area contributed by atoms with E-state index in [-0.39, 0.29) is 6.09 Å². The number of halogens is 1. The number of hydrogen-bond donors (Lipinski definition) is 0. The topological polar surface area (TPSA) is 31.2 Å². The largest absolute Gasteiger partial charge is 0.443 e. The van der Waals surface area contributed by atoms with Crippen molar-refractivity contribution in [3.63, 3.8) is 0 Å². The van der Waals surface area contributed by atoms with Crippen LogP contribution in [0.15, 0.2) is 30.6 Å². The molecule has 0 N–H and O–H groups in total. The van der Waals surface area contributed by atoms with E-state index < -0.39 is 5.60 Å². The first kappa shape index (κ1) is 12.4. The van der Waals surface area contributed by atoms with E-state index in [2.05, 4.69) is 22.6 Å². The number of carbonyl (C=O) groups excluding carboxylic acids is 1. The van der Waals surface area contributed by atoms with Crippen molar-refractivity contribution in [2.75, 3.05) is 0 Å². The van der Waals surface area contributed by atoms with Gasteiger partial charge in [0.15, 0.2) is 0 Å². The zero-order valence-electron chi connectivity index (χ0n) is 10.0. The zero-order valence-corrected chi connectivity index (χ0v) is 12.2. The normalized spacial score (nSPS) is 11.8. The van der Waals surface area contributed by atoms with Gasteiger partial charge < -0.3 is 4.74 Å². The van der Waals surface area contributed by atoms with Crippen LogP contribution in [0.3, 0.4) is 0 Å². The van der Waals surface area contributed by atoms with E-state index in [0.29, 0.717) is 0 Å². The Morgan fingerprint density at radius 1 is 1.24 bits per heavy atom. The van der Waals surface area contributed by atoms with Crippen LogP contribution in [-0.2, 0) is 4.74 Å². The van der Waals surface area contributed by atoms with Crippen LogP contribution in [0.2, 0.25) is 0 Å². The van der Waals surface area contributed by atoms with Gasteiger partial charge in [0.05, 0.1) is 0 Å². The fourth-order valence-electron chi connectivity index (χ4n) is 1.53. The molecule has 0 radical (unpaired) electrons. The molecule has 1 heterocycles. The molecular formula is C13H14INO2. The second-order valence-corrected chi connectivity index (χ2v) is 6.16. The van der Waals surface area contributed by atoms with Gasteiger partial charge in [-0.15, -0.1) is 0 Å². The lowest BCUT2D eigenvalue weighted by Gasteiger charge is -2.19. The number of rotatable bonds is 0. The SMILES string of the molecule is CC(C)(C)OC(=O)n1cc2ccc(I)cc2c1. The van der Waals surface area contributed by atoms with Crippen LogP contribution >= 0.6 is 22.6 Å². The highest BCUT2D eigenvalue weighted by molar-refractivity contribution is 14.1. The van der Waals surface area contributed by atoms with Crippen LogP contribution in [0.1, 0.15) is 20.8 Å². The number of fused-ring (bicyclic) bond motifs is 1. The van der Waals surface area contributed by atoms with E-state index >= 15 is 0 Å². The molecule has 0 aliphatic rings. The van der Waals surface area contributed by atoms with Crippen LogP contribution in [0, 0.1) is 3.57 Å². The quantitative estimate of drug-likeness (QED) is 0.677. The lowest BCUT2D eigenvalue weighted by atomic mass is 10.2. The van der Waals surface area contributed by atoms with Crippen molar-refractivity contribution in [3.8, 4) is 0 Å². The second kappa shape index (κ2) is 4.33. The van der Waals surface area contributed by atoms with Gasteiger partial charge in [-0.3, -0.25) is 4.57 Å². The highest BCUT2D eigenvalue weighted by Crippen LogP contribution is 2.19. The summed E-state index contributed by atoms with van der Waals surface area (Å²) in [5.41, 5.74) is -0.470. The molecule has 0 saturated carbocycles. The average molecular weight is 343 g/mol. The van der Waals surface area contributed by atoms with Crippen LogP contribution in [0.25, 0.3) is 10.8 Å². The van der Waals surface area contributed by atoms with Gasteiger partial charge in [0.2, 0.25) is 0 Å². The first-order valence-electron chi connectivity index (χ1n) is 5.36. The average Bonchev–Trinajstić information content (AvgIpc) is 2.57. The van der Waals surface area contributed by atoms with E-state index in [0.717, 1.165) is 14.3 Å². The molecule has 0 aliphatic carbocycles. The lowest BCUT2D eigenvalue weighted by Crippen LogP contribution is -2.26. The first-order chi connectivity index (χ1) is 7.85. The molecule has 0 atom stereocenters. The Labute approximate surface area is 114 Å². The van der Waals surface area contributed by atoms with E-state index in [1.807, 2.05) is 39.0 Å². The van der Waals surface area contributed by atoms with Gasteiger partial charge in [-0.1, -0.05) is 6.07 Å². The summed E-state index contributed by atoms with van der Waals surface area (Å²) in [7, 11) is 0. The number of nitrogens with zero attached hydrogens (tertiary/aromatic N) is 1. The Kier molecular flexibility index (Phi) is 3.16. The molecular weight excluding hydrogens is 329 g/mol. The third-order valence-electron chi connectivity index (χ3n) is 2.21. The zero-order chi connectivity index (χ0) is 12.6. The number of benzene rings is 1. The summed E-state index contributed by atoms with van der Waals surface area (Å²) in [6, 6.07) is 6.05. The highest BCUT2D eigenvalue weighted by Gasteiger charge is 2.17. The van der Waals surface area contributed by atoms with Crippen molar-refractivity contribution in [1.29, 1.82) is 0 Å². The standard InChI is InChI=1S/C13H14INO2/c1-13(2,3)17-12(16)15-7-9-4-5-11(14)6-10(9)8-15/h4-8H,1-3H3. The molecule has 0 bridgehead atoms. The van der Waals surface area contributed by atoms with Gasteiger partial charge in [0.25, 0.3) is 0 Å². The van der Waals surface area contributed by atoms with Crippen molar-refractivity contribution < 1.29 is 9.53 Å². The summed E-state index contributed by atoms with van der Waals surface area (Å²) in [6.45, 7) is 5.57. The highest BCUT2D eigenvalue weighted by atomic mass is 127. The lowest BCUT2D eigenvalue weighted by molar-refractivity contribution is 0.0538. The fraction of sp³-hybridized carbons (Fsp3) is 0.308. The Hall–Kier alpha value is -1.04. The van der Waals surface area contributed by atoms with Gasteiger partial charge in [-0.2, -0.15) is 0 Å². The van der Waals surface area contributed by atoms with Crippen LogP contribution in [0.4, 0.5) is 4.79 Å². The summed E-state index contributed by atoms with van der Waals surface area (Å²) < 4.78 is 7.95. The molecule has 2 rings (SSSR count). The number of ether oxygens (including phenoxy) is 1. The van der Waals surface area contributed by atoms with E-state index in [9.17, 15) is 4.79 Å². The van der Waals surface area contributed by atoms with Gasteiger partial charge in [0, 0.05) is 26.7 Å². The van der Waals surface area contributed by atoms with E-state index in [4.69, 9.17) is 4.74 Å². The molecule has 1 aromatic heterocycles. The molecule has 2 aromatic rings. The predicted molar refractivity (Wildman–Crippen MR) is 76.3 cm³/mol. The summed E-state index contributed by atoms with van der Waals surface area (Å²) in [6.07, 6.45) is 3.24. The van der Waals surface area contributed by atoms with Crippen molar-refractivity contribution >= 4 is 39.5 Å². The number of carbonyl (C=O) groups is 1. The Balaban J connectivity index is 2.33. The van der Waals surface area contributed by atoms with Crippen molar-refractivity contribution in [3.05, 3.63) is 34.2 Å². The Morgan fingerprint density at radius 3 is 2.53 bits per heavy atom. The number of hydrogen-bond acceptors (Lipinski definition) is 2. The van der Waals surface area contributed by atoms with Crippen molar-refractivity contribution in [2.45, 2.75) is 26.4 Å². The molecule has 3 nitrogen and oxygen atoms in total. The molecule has 0 spiro atoms. The molecule has 0 unspecified atom stereocenters. The smallest absolute Gasteiger partial charge is 0.418 e. The van der Waals surface area contributed by atoms with Gasteiger partial charge in [0.1, 0.15) is 5.60 Å². The Morgan fingerprint density at radius 2 is 1.88 bits per heavy atom. The minimum Gasteiger partial charge on any atom is -0.443 e. The van der Waals surface area contributed by atoms with Gasteiger partial charge in [-0.25, -0.2) is 4.79 Å². The maximum Gasteiger partial charge on any atom is 0.418 e. The monoisotopic (exact) mass is 343 g/mol. The third-order valence-corrected chi connectivity index (χ3v) is 2.88. The van der Waals surface area contributed by atoms with E-state index in [1.165, 1.54) is 4.57 Å². The fourth-order valence-corrected chi connectivity index (χ4v) is 2.05. The molecule has 0 amide bonds. The summed E-state index contributed by atoms with van der Waals surface area (Å²) >= 11 is 2.25. The molecule has 4 heteroatoms. The maximum absolute atomic E-state index is 11.9. The summed E-state index contributed by atoms with van der Waals surface area (Å²) in [5, 5.41) is 2.08. The molecule has 0 saturated heterocycles. The molecule has 90 valence electrons. The van der Waals surface area contributed by atoms with Crippen LogP contribution in [0.5, 0.6) is 0 Å². The molecule has 0 fully saturated rings. The van der Waals surface area contributed by atoms with Crippen LogP contribution in [-0.4, -0.2) is 16.3 Å². The summed E-state index contributed by atoms with van der Waals surface area (Å²) in [4.78, 5) is 11.9. The van der Waals surface area contributed by atoms with Crippen molar-refractivity contribution in [1.82, 2.24) is 4.57 Å². The van der Waals surface area contributed by atoms with Gasteiger partial charge in [-0.05, 0) is 55.5 Å². The van der Waals surface area contributed by atoms with Gasteiger partial charge >= 0.3 is 6.09 Å². The maximum atomic E-state index is 11.9. The minimum atomic E-state index is -0.470. The molecule has 17 heavy (non-hydrogen) atoms. The first-order valence-corrected chi connectivity index (χ1v) is 6.44. The minimum absolute atomic E-state index is 0.344. The van der Waals surface area contributed by atoms with Crippen LogP contribution < -0.4 is 0 Å². The molecule has 0 aliphatic heterocycles. The molecule has 1 aromatic carbocycles. The predicted octanol–water partition coefficient (Wildman–Crippen LogP) is 4.03. The van der Waals surface area contributed by atoms with Crippen molar-refractivity contribution in [2.24, 2.45) is 0 Å². The van der Waals surface area contributed by atoms with E-state index in [1.54, 1.807) is 12.4 Å². The third kappa shape index (κ3) is 3.00. The number of aromatic nitrogens is 1. The summed E-state index contributed by atoms with van der Waals surface area (Å²) in [5.74, 6) is 0.